The van der Waals surface area contributed by atoms with Crippen LogP contribution in [0.5, 0.6) is 0 Å². The molecule has 1 aliphatic heterocycles. The summed E-state index contributed by atoms with van der Waals surface area (Å²) >= 11 is 0. The standard InChI is InChI=1S/C19H24N4O2/c1-16-14-18(21-25-16)20-19(24)15-23-12-10-22(11-13-23)9-5-8-17-6-3-2-4-7-17/h2-8,14H,9-13,15H2,1H3,(H,20,21,24)/b8-5+. The predicted octanol–water partition coefficient (Wildman–Crippen LogP) is 2.25. The fourth-order valence-electron chi connectivity index (χ4n) is 2.84. The highest BCUT2D eigenvalue weighted by molar-refractivity contribution is 5.91. The Labute approximate surface area is 148 Å². The third-order valence-corrected chi connectivity index (χ3v) is 4.20. The summed E-state index contributed by atoms with van der Waals surface area (Å²) < 4.78 is 4.95. The molecule has 6 heteroatoms. The quantitative estimate of drug-likeness (QED) is 0.874. The average Bonchev–Trinajstić information content (AvgIpc) is 3.02. The lowest BCUT2D eigenvalue weighted by atomic mass is 10.2. The molecule has 3 rings (SSSR count). The van der Waals surface area contributed by atoms with Crippen LogP contribution in [0, 0.1) is 6.92 Å². The zero-order chi connectivity index (χ0) is 17.5. The third-order valence-electron chi connectivity index (χ3n) is 4.20. The minimum Gasteiger partial charge on any atom is -0.360 e. The van der Waals surface area contributed by atoms with E-state index < -0.39 is 0 Å². The van der Waals surface area contributed by atoms with Gasteiger partial charge in [0.2, 0.25) is 5.91 Å². The minimum absolute atomic E-state index is 0.0503. The second-order valence-corrected chi connectivity index (χ2v) is 6.26. The van der Waals surface area contributed by atoms with Crippen LogP contribution in [0.3, 0.4) is 0 Å². The lowest BCUT2D eigenvalue weighted by Crippen LogP contribution is -2.48. The normalized spacial score (nSPS) is 16.4. The Morgan fingerprint density at radius 2 is 1.92 bits per heavy atom. The highest BCUT2D eigenvalue weighted by Gasteiger charge is 2.18. The van der Waals surface area contributed by atoms with Gasteiger partial charge in [0.15, 0.2) is 5.82 Å². The molecule has 0 radical (unpaired) electrons. The summed E-state index contributed by atoms with van der Waals surface area (Å²) in [6, 6.07) is 12.0. The Balaban J connectivity index is 1.37. The molecule has 1 amide bonds. The largest absolute Gasteiger partial charge is 0.360 e. The van der Waals surface area contributed by atoms with Gasteiger partial charge in [0.1, 0.15) is 5.76 Å². The van der Waals surface area contributed by atoms with E-state index in [2.05, 4.69) is 44.6 Å². The maximum absolute atomic E-state index is 12.0. The third kappa shape index (κ3) is 5.55. The van der Waals surface area contributed by atoms with E-state index in [0.717, 1.165) is 32.7 Å². The van der Waals surface area contributed by atoms with E-state index in [1.807, 2.05) is 18.2 Å². The smallest absolute Gasteiger partial charge is 0.239 e. The van der Waals surface area contributed by atoms with Gasteiger partial charge in [0.25, 0.3) is 0 Å². The van der Waals surface area contributed by atoms with Crippen molar-refractivity contribution in [1.82, 2.24) is 15.0 Å². The van der Waals surface area contributed by atoms with Gasteiger partial charge in [-0.3, -0.25) is 14.6 Å². The van der Waals surface area contributed by atoms with Crippen LogP contribution in [0.25, 0.3) is 6.08 Å². The first kappa shape index (κ1) is 17.4. The molecule has 1 aromatic carbocycles. The summed E-state index contributed by atoms with van der Waals surface area (Å²) in [4.78, 5) is 16.6. The molecule has 132 valence electrons. The molecule has 0 spiro atoms. The van der Waals surface area contributed by atoms with Gasteiger partial charge >= 0.3 is 0 Å². The molecule has 0 saturated carbocycles. The predicted molar refractivity (Wildman–Crippen MR) is 98.2 cm³/mol. The van der Waals surface area contributed by atoms with Gasteiger partial charge < -0.3 is 9.84 Å². The Morgan fingerprint density at radius 1 is 1.20 bits per heavy atom. The molecule has 0 unspecified atom stereocenters. The fraction of sp³-hybridized carbons (Fsp3) is 0.368. The highest BCUT2D eigenvalue weighted by atomic mass is 16.5. The molecule has 1 aromatic heterocycles. The van der Waals surface area contributed by atoms with Crippen molar-refractivity contribution >= 4 is 17.8 Å². The van der Waals surface area contributed by atoms with Crippen LogP contribution in [0.4, 0.5) is 5.82 Å². The van der Waals surface area contributed by atoms with Crippen LogP contribution in [0.2, 0.25) is 0 Å². The molecular weight excluding hydrogens is 316 g/mol. The van der Waals surface area contributed by atoms with Crippen LogP contribution in [-0.4, -0.2) is 60.1 Å². The number of carbonyl (C=O) groups is 1. The number of aryl methyl sites for hydroxylation is 1. The number of hydrogen-bond donors (Lipinski definition) is 1. The second-order valence-electron chi connectivity index (χ2n) is 6.26. The van der Waals surface area contributed by atoms with Gasteiger partial charge in [-0.2, -0.15) is 0 Å². The maximum Gasteiger partial charge on any atom is 0.239 e. The Kier molecular flexibility index (Phi) is 5.98. The molecule has 2 heterocycles. The number of anilines is 1. The van der Waals surface area contributed by atoms with Gasteiger partial charge in [0.05, 0.1) is 6.54 Å². The lowest BCUT2D eigenvalue weighted by molar-refractivity contribution is -0.117. The summed E-state index contributed by atoms with van der Waals surface area (Å²) in [5.41, 5.74) is 1.22. The first-order valence-corrected chi connectivity index (χ1v) is 8.58. The molecule has 1 N–H and O–H groups in total. The molecule has 2 aromatic rings. The monoisotopic (exact) mass is 340 g/mol. The fourth-order valence-corrected chi connectivity index (χ4v) is 2.84. The van der Waals surface area contributed by atoms with E-state index in [1.165, 1.54) is 5.56 Å². The molecule has 1 saturated heterocycles. The van der Waals surface area contributed by atoms with Crippen LogP contribution in [-0.2, 0) is 4.79 Å². The van der Waals surface area contributed by atoms with Gasteiger partial charge in [-0.05, 0) is 12.5 Å². The molecule has 0 bridgehead atoms. The first-order chi connectivity index (χ1) is 12.2. The van der Waals surface area contributed by atoms with E-state index in [1.54, 1.807) is 13.0 Å². The van der Waals surface area contributed by atoms with Gasteiger partial charge in [0, 0.05) is 38.8 Å². The average molecular weight is 340 g/mol. The summed E-state index contributed by atoms with van der Waals surface area (Å²) in [7, 11) is 0. The summed E-state index contributed by atoms with van der Waals surface area (Å²) in [5.74, 6) is 1.12. The Bertz CT molecular complexity index is 703. The van der Waals surface area contributed by atoms with Crippen LogP contribution in [0.15, 0.2) is 47.0 Å². The number of rotatable bonds is 6. The zero-order valence-electron chi connectivity index (χ0n) is 14.5. The van der Waals surface area contributed by atoms with Gasteiger partial charge in [-0.25, -0.2) is 0 Å². The zero-order valence-corrected chi connectivity index (χ0v) is 14.5. The summed E-state index contributed by atoms with van der Waals surface area (Å²) in [6.07, 6.45) is 4.35. The number of aromatic nitrogens is 1. The van der Waals surface area contributed by atoms with Crippen molar-refractivity contribution < 1.29 is 9.32 Å². The van der Waals surface area contributed by atoms with E-state index in [-0.39, 0.29) is 5.91 Å². The minimum atomic E-state index is -0.0503. The number of nitrogens with zero attached hydrogens (tertiary/aromatic N) is 3. The number of hydrogen-bond acceptors (Lipinski definition) is 5. The van der Waals surface area contributed by atoms with E-state index in [4.69, 9.17) is 4.52 Å². The highest BCUT2D eigenvalue weighted by Crippen LogP contribution is 2.08. The van der Waals surface area contributed by atoms with Crippen molar-refractivity contribution in [3.63, 3.8) is 0 Å². The molecule has 6 nitrogen and oxygen atoms in total. The van der Waals surface area contributed by atoms with Crippen LogP contribution >= 0.6 is 0 Å². The molecule has 1 aliphatic rings. The van der Waals surface area contributed by atoms with Crippen molar-refractivity contribution in [2.45, 2.75) is 6.92 Å². The topological polar surface area (TPSA) is 61.6 Å². The number of carbonyl (C=O) groups excluding carboxylic acids is 1. The van der Waals surface area contributed by atoms with Crippen LogP contribution < -0.4 is 5.32 Å². The maximum atomic E-state index is 12.0. The van der Waals surface area contributed by atoms with Crippen molar-refractivity contribution in [2.24, 2.45) is 0 Å². The Hall–Kier alpha value is -2.44. The Morgan fingerprint density at radius 3 is 2.60 bits per heavy atom. The van der Waals surface area contributed by atoms with Crippen molar-refractivity contribution in [3.05, 3.63) is 53.8 Å². The lowest BCUT2D eigenvalue weighted by Gasteiger charge is -2.33. The molecule has 25 heavy (non-hydrogen) atoms. The van der Waals surface area contributed by atoms with Crippen molar-refractivity contribution in [1.29, 1.82) is 0 Å². The molecule has 0 aliphatic carbocycles. The number of piperazine rings is 1. The molecular formula is C19H24N4O2. The van der Waals surface area contributed by atoms with Gasteiger partial charge in [-0.1, -0.05) is 47.6 Å². The summed E-state index contributed by atoms with van der Waals surface area (Å²) in [6.45, 7) is 6.85. The SMILES string of the molecule is Cc1cc(NC(=O)CN2CCN(C/C=C/c3ccccc3)CC2)no1. The van der Waals surface area contributed by atoms with E-state index in [9.17, 15) is 4.79 Å². The van der Waals surface area contributed by atoms with Crippen molar-refractivity contribution in [2.75, 3.05) is 44.6 Å². The van der Waals surface area contributed by atoms with E-state index >= 15 is 0 Å². The number of nitrogens with one attached hydrogen (secondary N) is 1. The molecule has 1 fully saturated rings. The summed E-state index contributed by atoms with van der Waals surface area (Å²) in [5, 5.41) is 6.54. The first-order valence-electron chi connectivity index (χ1n) is 8.58. The molecule has 0 atom stereocenters. The second kappa shape index (κ2) is 8.60. The van der Waals surface area contributed by atoms with Crippen molar-refractivity contribution in [3.8, 4) is 0 Å². The number of amides is 1. The van der Waals surface area contributed by atoms with Crippen LogP contribution in [0.1, 0.15) is 11.3 Å². The van der Waals surface area contributed by atoms with E-state index in [0.29, 0.717) is 18.1 Å². The number of benzene rings is 1. The van der Waals surface area contributed by atoms with Gasteiger partial charge in [-0.15, -0.1) is 0 Å².